The maximum absolute atomic E-state index is 10.8. The maximum atomic E-state index is 10.8. The van der Waals surface area contributed by atoms with Crippen molar-refractivity contribution in [2.75, 3.05) is 117 Å². The molecule has 5 saturated heterocycles. The lowest BCUT2D eigenvalue weighted by Gasteiger charge is -2.29. The van der Waals surface area contributed by atoms with Gasteiger partial charge in [0.1, 0.15) is 19.7 Å². The standard InChI is InChI=1S/C8H16N2O.C7H14N2O.C7H13NO2.2C6H12N2O.C5H11NO2.C4H9NO2.C4H10O2S.C3H8O2S/c1-7(11)9-8-3-5-10(2)6-4-8;1-6(10)9-7-2-4-8-5-3-7;1-6(10)8-4-2-3-7(8)5-9;2*1-5(9)8-6-2-3-7-4-6;1-5(8)6-3-2-4-7;1-4(7)5-2-3-6;1-4(2)7(3,5)6;1-3-6(2,4)5/h8H,3-6H2,1-2H3,(H,9,11);7-8H,2-5H2,1H3,(H,9,10);7,9H,2-5H2,1H3;2*6-7H,2-4H2,1H3,(H,8,9);7H,2-4H2,1H3,(H,6,8);6H,2-3H2,1H3,(H,5,7);4H,1-3H3;3H2,1-2H3/t;;7-;6-;;;;;/m..11...../s1. The van der Waals surface area contributed by atoms with E-state index in [1.807, 2.05) is 0 Å². The Labute approximate surface area is 462 Å². The van der Waals surface area contributed by atoms with Crippen molar-refractivity contribution in [3.05, 3.63) is 0 Å². The van der Waals surface area contributed by atoms with E-state index in [0.29, 0.717) is 43.7 Å². The van der Waals surface area contributed by atoms with Crippen molar-refractivity contribution >= 4 is 61.0 Å². The fourth-order valence-corrected chi connectivity index (χ4v) is 6.84. The summed E-state index contributed by atoms with van der Waals surface area (Å²) in [7, 11) is -3.29. The van der Waals surface area contributed by atoms with Crippen molar-refractivity contribution in [2.45, 2.75) is 162 Å². The summed E-state index contributed by atoms with van der Waals surface area (Å²) in [6, 6.07) is 1.69. The van der Waals surface area contributed by atoms with E-state index in [2.05, 4.69) is 59.8 Å². The highest BCUT2D eigenvalue weighted by Gasteiger charge is 2.25. The average Bonchev–Trinajstić information content (AvgIpc) is 4.15. The minimum Gasteiger partial charge on any atom is -0.396 e. The molecule has 0 bridgehead atoms. The van der Waals surface area contributed by atoms with Gasteiger partial charge in [0.2, 0.25) is 41.4 Å². The molecule has 0 aromatic heterocycles. The zero-order chi connectivity index (χ0) is 60.0. The lowest BCUT2D eigenvalue weighted by Crippen LogP contribution is -2.42. The molecule has 0 aromatic rings. The number of rotatable bonds is 12. The van der Waals surface area contributed by atoms with Gasteiger partial charge in [0.25, 0.3) is 0 Å². The Hall–Kier alpha value is -4.09. The largest absolute Gasteiger partial charge is 0.396 e. The number of hydrogen-bond acceptors (Lipinski definition) is 18. The van der Waals surface area contributed by atoms with Crippen LogP contribution in [0.15, 0.2) is 0 Å². The molecule has 0 saturated carbocycles. The SMILES string of the molecule is CC(=O)N1CCC[C@@H]1CO.CC(=O)NC1CCN(C)CC1.CC(=O)NC1CCNC1.CC(=O)NC1CCNCC1.CC(=O)NCCCO.CC(=O)NCCO.CC(=O)N[C@@H]1CCNC1.CC(C)S(C)(=O)=O.CCS(C)(=O)=O. The van der Waals surface area contributed by atoms with Crippen LogP contribution in [0.4, 0.5) is 0 Å². The zero-order valence-corrected chi connectivity index (χ0v) is 50.6. The van der Waals surface area contributed by atoms with Gasteiger partial charge in [0.05, 0.1) is 24.5 Å². The predicted molar refractivity (Wildman–Crippen MR) is 303 cm³/mol. The molecular weight excluding hydrogens is 1040 g/mol. The molecule has 0 aliphatic carbocycles. The molecule has 12 N–H and O–H groups in total. The van der Waals surface area contributed by atoms with Crippen LogP contribution in [0.2, 0.25) is 0 Å². The minimum absolute atomic E-state index is 0.0135. The van der Waals surface area contributed by atoms with E-state index >= 15 is 0 Å². The molecule has 7 amide bonds. The third kappa shape index (κ3) is 57.9. The number of aliphatic hydroxyl groups excluding tert-OH is 3. The molecule has 0 radical (unpaired) electrons. The van der Waals surface area contributed by atoms with Crippen molar-refractivity contribution in [2.24, 2.45) is 0 Å². The van der Waals surface area contributed by atoms with E-state index in [-0.39, 0.29) is 78.2 Å². The molecule has 77 heavy (non-hydrogen) atoms. The van der Waals surface area contributed by atoms with Crippen LogP contribution in [0.25, 0.3) is 0 Å². The van der Waals surface area contributed by atoms with Gasteiger partial charge in [0, 0.05) is 130 Å². The lowest BCUT2D eigenvalue weighted by atomic mass is 10.1. The Morgan fingerprint density at radius 1 is 0.545 bits per heavy atom. The molecule has 0 spiro atoms. The van der Waals surface area contributed by atoms with Gasteiger partial charge in [-0.3, -0.25) is 33.6 Å². The summed E-state index contributed by atoms with van der Waals surface area (Å²) in [5, 5.41) is 50.9. The summed E-state index contributed by atoms with van der Waals surface area (Å²) >= 11 is 0. The normalized spacial score (nSPS) is 18.9. The van der Waals surface area contributed by atoms with Crippen LogP contribution in [0, 0.1) is 0 Å². The van der Waals surface area contributed by atoms with Crippen molar-refractivity contribution in [3.8, 4) is 0 Å². The van der Waals surface area contributed by atoms with Gasteiger partial charge in [-0.05, 0) is 118 Å². The summed E-state index contributed by atoms with van der Waals surface area (Å²) in [4.78, 5) is 77.1. The first-order valence-electron chi connectivity index (χ1n) is 26.7. The summed E-state index contributed by atoms with van der Waals surface area (Å²) in [5.41, 5.74) is 0. The molecule has 5 fully saturated rings. The number of sulfone groups is 2. The number of likely N-dealkylation sites (tertiary alicyclic amines) is 2. The van der Waals surface area contributed by atoms with Gasteiger partial charge in [0.15, 0.2) is 0 Å². The fourth-order valence-electron chi connectivity index (χ4n) is 6.84. The highest BCUT2D eigenvalue weighted by Crippen LogP contribution is 2.16. The quantitative estimate of drug-likeness (QED) is 0.0956. The molecule has 456 valence electrons. The van der Waals surface area contributed by atoms with Crippen molar-refractivity contribution in [3.63, 3.8) is 0 Å². The molecule has 0 aromatic carbocycles. The first-order chi connectivity index (χ1) is 35.8. The van der Waals surface area contributed by atoms with E-state index in [9.17, 15) is 50.4 Å². The van der Waals surface area contributed by atoms with Gasteiger partial charge in [-0.25, -0.2) is 16.8 Å². The summed E-state index contributed by atoms with van der Waals surface area (Å²) in [6.45, 7) is 25.8. The first kappa shape index (κ1) is 79.4. The highest BCUT2D eigenvalue weighted by atomic mass is 32.2. The number of hydrogen-bond donors (Lipinski definition) is 12. The summed E-state index contributed by atoms with van der Waals surface area (Å²) < 4.78 is 40.7. The first-order valence-corrected chi connectivity index (χ1v) is 30.7. The molecule has 5 aliphatic heterocycles. The number of piperidine rings is 2. The predicted octanol–water partition coefficient (Wildman–Crippen LogP) is -1.84. The van der Waals surface area contributed by atoms with Crippen molar-refractivity contribution in [1.82, 2.24) is 57.7 Å². The van der Waals surface area contributed by atoms with E-state index in [1.54, 1.807) is 60.3 Å². The minimum atomic E-state index is -2.74. The summed E-state index contributed by atoms with van der Waals surface area (Å²) in [6.07, 6.45) is 11.5. The number of carbonyl (C=O) groups is 7. The Balaban J connectivity index is -0.000000392. The van der Waals surface area contributed by atoms with Crippen LogP contribution in [-0.4, -0.2) is 236 Å². The van der Waals surface area contributed by atoms with Gasteiger partial charge in [-0.2, -0.15) is 0 Å². The Morgan fingerprint density at radius 3 is 1.18 bits per heavy atom. The Bertz CT molecular complexity index is 1780. The third-order valence-electron chi connectivity index (χ3n) is 11.4. The number of nitrogens with one attached hydrogen (secondary N) is 9. The molecule has 3 atom stereocenters. The van der Waals surface area contributed by atoms with E-state index in [0.717, 1.165) is 110 Å². The monoisotopic (exact) mass is 1150 g/mol. The van der Waals surface area contributed by atoms with Gasteiger partial charge in [-0.1, -0.05) is 6.92 Å². The number of carbonyl (C=O) groups excluding carboxylic acids is 7. The molecule has 1 unspecified atom stereocenters. The van der Waals surface area contributed by atoms with Crippen LogP contribution in [0.1, 0.15) is 127 Å². The van der Waals surface area contributed by atoms with Crippen molar-refractivity contribution < 1.29 is 65.7 Å². The summed E-state index contributed by atoms with van der Waals surface area (Å²) in [5.74, 6) is 0.510. The highest BCUT2D eigenvalue weighted by molar-refractivity contribution is 7.91. The van der Waals surface area contributed by atoms with E-state index < -0.39 is 19.7 Å². The smallest absolute Gasteiger partial charge is 0.219 e. The molecule has 5 aliphatic rings. The van der Waals surface area contributed by atoms with Gasteiger partial charge < -0.3 is 73.0 Å². The van der Waals surface area contributed by atoms with Crippen LogP contribution in [0.3, 0.4) is 0 Å². The van der Waals surface area contributed by atoms with Crippen LogP contribution >= 0.6 is 0 Å². The Morgan fingerprint density at radius 2 is 0.909 bits per heavy atom. The second-order valence-electron chi connectivity index (χ2n) is 19.3. The molecule has 5 rings (SSSR count). The average molecular weight is 1150 g/mol. The van der Waals surface area contributed by atoms with Crippen LogP contribution in [0.5, 0.6) is 0 Å². The topological polar surface area (TPSA) is 363 Å². The zero-order valence-electron chi connectivity index (χ0n) is 49.0. The number of amides is 7. The lowest BCUT2D eigenvalue weighted by molar-refractivity contribution is -0.130. The Kier molecular flexibility index (Phi) is 50.5. The van der Waals surface area contributed by atoms with Gasteiger partial charge in [-0.15, -0.1) is 0 Å². The van der Waals surface area contributed by atoms with E-state index in [1.165, 1.54) is 26.4 Å². The third-order valence-corrected chi connectivity index (χ3v) is 14.1. The second-order valence-corrected chi connectivity index (χ2v) is 24.4. The van der Waals surface area contributed by atoms with Crippen LogP contribution < -0.4 is 47.9 Å². The fraction of sp³-hybridized carbons (Fsp3) is 0.860. The van der Waals surface area contributed by atoms with Crippen molar-refractivity contribution in [1.29, 1.82) is 0 Å². The number of nitrogens with zero attached hydrogens (tertiary/aromatic N) is 2. The van der Waals surface area contributed by atoms with Crippen LogP contribution in [-0.2, 0) is 53.2 Å². The van der Waals surface area contributed by atoms with E-state index in [4.69, 9.17) is 15.3 Å². The molecule has 27 heteroatoms. The second kappa shape index (κ2) is 49.0. The molecular formula is C50H105N11O14S2. The maximum Gasteiger partial charge on any atom is 0.219 e. The van der Waals surface area contributed by atoms with Gasteiger partial charge >= 0.3 is 0 Å². The number of aliphatic hydroxyl groups is 3. The molecule has 5 heterocycles. The molecule has 25 nitrogen and oxygen atoms in total.